The van der Waals surface area contributed by atoms with Gasteiger partial charge in [0.15, 0.2) is 5.78 Å². The van der Waals surface area contributed by atoms with E-state index < -0.39 is 11.4 Å². The molecule has 0 spiro atoms. The molecule has 2 N–H and O–H groups in total. The summed E-state index contributed by atoms with van der Waals surface area (Å²) in [5.74, 6) is -0.847. The van der Waals surface area contributed by atoms with Crippen molar-refractivity contribution in [1.82, 2.24) is 0 Å². The lowest BCUT2D eigenvalue weighted by molar-refractivity contribution is -0.136. The molecule has 3 atom stereocenters. The molecule has 0 radical (unpaired) electrons. The van der Waals surface area contributed by atoms with E-state index in [1.165, 1.54) is 12.7 Å². The van der Waals surface area contributed by atoms with Crippen molar-refractivity contribution in [2.45, 2.75) is 79.8 Å². The van der Waals surface area contributed by atoms with Gasteiger partial charge in [0.25, 0.3) is 0 Å². The Morgan fingerprint density at radius 1 is 1.29 bits per heavy atom. The molecule has 0 aromatic heterocycles. The predicted octanol–water partition coefficient (Wildman–Crippen LogP) is 5.37. The first-order valence-corrected chi connectivity index (χ1v) is 11.0. The van der Waals surface area contributed by atoms with Crippen molar-refractivity contribution in [3.63, 3.8) is 0 Å². The van der Waals surface area contributed by atoms with E-state index in [0.717, 1.165) is 31.3 Å². The quantitative estimate of drug-likeness (QED) is 0.437. The number of carbonyl (C=O) groups is 2. The van der Waals surface area contributed by atoms with Gasteiger partial charge in [-0.05, 0) is 76.7 Å². The molecule has 0 heterocycles. The topological polar surface area (TPSA) is 83.8 Å². The Bertz CT molecular complexity index is 870. The van der Waals surface area contributed by atoms with E-state index in [9.17, 15) is 19.8 Å². The number of methoxy groups -OCH3 is 1. The second-order valence-corrected chi connectivity index (χ2v) is 10.0. The second kappa shape index (κ2) is 9.15. The normalized spacial score (nSPS) is 29.5. The number of aliphatic hydroxyl groups is 2. The molecule has 2 aliphatic carbocycles. The molecule has 0 amide bonds. The van der Waals surface area contributed by atoms with Gasteiger partial charge in [-0.1, -0.05) is 37.6 Å². The molecule has 0 bridgehead atoms. The summed E-state index contributed by atoms with van der Waals surface area (Å²) in [5.41, 5.74) is 2.05. The van der Waals surface area contributed by atoms with Crippen LogP contribution < -0.4 is 0 Å². The van der Waals surface area contributed by atoms with Gasteiger partial charge in [-0.15, -0.1) is 0 Å². The van der Waals surface area contributed by atoms with Crippen molar-refractivity contribution in [3.05, 3.63) is 46.3 Å². The van der Waals surface area contributed by atoms with Crippen LogP contribution in [0.2, 0.25) is 0 Å². The number of hydrogen-bond acceptors (Lipinski definition) is 5. The van der Waals surface area contributed by atoms with Crippen LogP contribution in [0.25, 0.3) is 0 Å². The number of ketones is 1. The highest BCUT2D eigenvalue weighted by atomic mass is 16.5. The highest BCUT2D eigenvalue weighted by Crippen LogP contribution is 2.46. The number of allylic oxidation sites excluding steroid dienone is 5. The van der Waals surface area contributed by atoms with Gasteiger partial charge in [-0.2, -0.15) is 0 Å². The van der Waals surface area contributed by atoms with E-state index >= 15 is 0 Å². The van der Waals surface area contributed by atoms with Gasteiger partial charge in [0.2, 0.25) is 0 Å². The van der Waals surface area contributed by atoms with Crippen molar-refractivity contribution in [2.24, 2.45) is 16.7 Å². The van der Waals surface area contributed by atoms with E-state index in [4.69, 9.17) is 4.74 Å². The maximum absolute atomic E-state index is 13.0. The van der Waals surface area contributed by atoms with Crippen molar-refractivity contribution < 1.29 is 24.5 Å². The number of hydrogen-bond donors (Lipinski definition) is 2. The molecule has 172 valence electrons. The van der Waals surface area contributed by atoms with Gasteiger partial charge in [0.1, 0.15) is 11.3 Å². The summed E-state index contributed by atoms with van der Waals surface area (Å²) in [5, 5.41) is 20.8. The average molecular weight is 431 g/mol. The van der Waals surface area contributed by atoms with Gasteiger partial charge < -0.3 is 14.9 Å². The summed E-state index contributed by atoms with van der Waals surface area (Å²) < 4.78 is 4.83. The third kappa shape index (κ3) is 4.57. The van der Waals surface area contributed by atoms with E-state index in [1.807, 2.05) is 13.8 Å². The second-order valence-electron chi connectivity index (χ2n) is 10.0. The Hall–Kier alpha value is -2.14. The van der Waals surface area contributed by atoms with Gasteiger partial charge in [0.05, 0.1) is 18.6 Å². The highest BCUT2D eigenvalue weighted by Gasteiger charge is 2.44. The van der Waals surface area contributed by atoms with Crippen LogP contribution in [0, 0.1) is 16.7 Å². The standard InChI is InChI=1S/C26H38O5/c1-15(9-11-19-16(2)10-12-20(27)25(19,5)6)13-14-26(7)18(4)21(24(30)31-8)22(28)17(3)23(26)29/h13,19-20,27-28H,2,9-12,14H2,1,3-8H3/b15-13+/t19-,20+,26+/m0/s1. The molecular formula is C26H38O5. The van der Waals surface area contributed by atoms with Crippen molar-refractivity contribution in [1.29, 1.82) is 0 Å². The fraction of sp³-hybridized carbons (Fsp3) is 0.615. The van der Waals surface area contributed by atoms with Crippen molar-refractivity contribution >= 4 is 11.8 Å². The van der Waals surface area contributed by atoms with Crippen LogP contribution in [0.5, 0.6) is 0 Å². The van der Waals surface area contributed by atoms with Crippen LogP contribution >= 0.6 is 0 Å². The first-order valence-electron chi connectivity index (χ1n) is 11.0. The predicted molar refractivity (Wildman–Crippen MR) is 122 cm³/mol. The third-order valence-corrected chi connectivity index (χ3v) is 7.70. The molecule has 2 aliphatic rings. The molecule has 0 aromatic rings. The lowest BCUT2D eigenvalue weighted by atomic mass is 9.63. The van der Waals surface area contributed by atoms with Crippen LogP contribution in [-0.2, 0) is 14.3 Å². The molecule has 0 aromatic carbocycles. The third-order valence-electron chi connectivity index (χ3n) is 7.70. The molecular weight excluding hydrogens is 392 g/mol. The summed E-state index contributed by atoms with van der Waals surface area (Å²) >= 11 is 0. The number of rotatable bonds is 6. The van der Waals surface area contributed by atoms with Crippen LogP contribution in [0.15, 0.2) is 46.3 Å². The molecule has 0 aliphatic heterocycles. The first-order chi connectivity index (χ1) is 14.3. The molecule has 1 fully saturated rings. The lowest BCUT2D eigenvalue weighted by Crippen LogP contribution is -2.41. The number of aliphatic hydroxyl groups excluding tert-OH is 2. The molecule has 2 rings (SSSR count). The van der Waals surface area contributed by atoms with Crippen LogP contribution in [0.4, 0.5) is 0 Å². The van der Waals surface area contributed by atoms with Gasteiger partial charge in [-0.25, -0.2) is 4.79 Å². The monoisotopic (exact) mass is 430 g/mol. The minimum atomic E-state index is -0.912. The van der Waals surface area contributed by atoms with Gasteiger partial charge in [-0.3, -0.25) is 4.79 Å². The zero-order chi connectivity index (χ0) is 23.7. The maximum Gasteiger partial charge on any atom is 0.341 e. The fourth-order valence-electron chi connectivity index (χ4n) is 4.99. The number of carbonyl (C=O) groups excluding carboxylic acids is 2. The van der Waals surface area contributed by atoms with E-state index in [0.29, 0.717) is 12.0 Å². The van der Waals surface area contributed by atoms with Crippen LogP contribution in [-0.4, -0.2) is 35.2 Å². The minimum absolute atomic E-state index is 0.0856. The SMILES string of the molecule is C=C1CC[C@@H](O)C(C)(C)[C@H]1CC/C(C)=C/C[C@@]1(C)C(=O)C(C)=C(O)C(C(=O)OC)=C1C. The zero-order valence-electron chi connectivity index (χ0n) is 20.1. The smallest absolute Gasteiger partial charge is 0.341 e. The molecule has 5 heteroatoms. The summed E-state index contributed by atoms with van der Waals surface area (Å²) in [6.07, 6.45) is 5.55. The zero-order valence-corrected chi connectivity index (χ0v) is 20.1. The molecule has 0 unspecified atom stereocenters. The number of esters is 1. The van der Waals surface area contributed by atoms with E-state index in [2.05, 4.69) is 26.5 Å². The number of ether oxygens (including phenoxy) is 1. The minimum Gasteiger partial charge on any atom is -0.507 e. The summed E-state index contributed by atoms with van der Waals surface area (Å²) in [4.78, 5) is 25.3. The Balaban J connectivity index is 2.21. The fourth-order valence-corrected chi connectivity index (χ4v) is 4.99. The Kier molecular flexibility index (Phi) is 7.42. The molecule has 5 nitrogen and oxygen atoms in total. The Morgan fingerprint density at radius 3 is 2.48 bits per heavy atom. The summed E-state index contributed by atoms with van der Waals surface area (Å²) in [6.45, 7) is 15.6. The largest absolute Gasteiger partial charge is 0.507 e. The van der Waals surface area contributed by atoms with Crippen LogP contribution in [0.1, 0.15) is 73.6 Å². The van der Waals surface area contributed by atoms with Gasteiger partial charge in [0, 0.05) is 5.57 Å². The average Bonchev–Trinajstić information content (AvgIpc) is 2.72. The summed E-state index contributed by atoms with van der Waals surface area (Å²) in [6, 6.07) is 0. The molecule has 1 saturated carbocycles. The number of Topliss-reactive ketones (excluding diaryl/α,β-unsaturated/α-hetero) is 1. The molecule has 0 saturated heterocycles. The summed E-state index contributed by atoms with van der Waals surface area (Å²) in [7, 11) is 1.26. The first kappa shape index (κ1) is 25.1. The van der Waals surface area contributed by atoms with E-state index in [-0.39, 0.29) is 40.1 Å². The molecule has 31 heavy (non-hydrogen) atoms. The lowest BCUT2D eigenvalue weighted by Gasteiger charge is -2.44. The van der Waals surface area contributed by atoms with Crippen LogP contribution in [0.3, 0.4) is 0 Å². The Morgan fingerprint density at radius 2 is 1.90 bits per heavy atom. The van der Waals surface area contributed by atoms with Gasteiger partial charge >= 0.3 is 5.97 Å². The maximum atomic E-state index is 13.0. The van der Waals surface area contributed by atoms with E-state index in [1.54, 1.807) is 13.8 Å². The Labute approximate surface area is 186 Å². The van der Waals surface area contributed by atoms with Crippen molar-refractivity contribution in [2.75, 3.05) is 7.11 Å². The van der Waals surface area contributed by atoms with Crippen molar-refractivity contribution in [3.8, 4) is 0 Å². The highest BCUT2D eigenvalue weighted by molar-refractivity contribution is 6.08.